The van der Waals surface area contributed by atoms with Crippen molar-refractivity contribution in [2.24, 2.45) is 0 Å². The fourth-order valence-corrected chi connectivity index (χ4v) is 4.05. The number of thiazole rings is 1. The van der Waals surface area contributed by atoms with E-state index in [-0.39, 0.29) is 18.1 Å². The number of aryl methyl sites for hydroxylation is 3. The van der Waals surface area contributed by atoms with Gasteiger partial charge < -0.3 is 14.6 Å². The summed E-state index contributed by atoms with van der Waals surface area (Å²) >= 11 is 1.43. The highest BCUT2D eigenvalue weighted by Gasteiger charge is 2.24. The summed E-state index contributed by atoms with van der Waals surface area (Å²) < 4.78 is 7.72. The van der Waals surface area contributed by atoms with Gasteiger partial charge in [-0.05, 0) is 34.1 Å². The van der Waals surface area contributed by atoms with E-state index in [9.17, 15) is 4.79 Å². The molecule has 0 aromatic carbocycles. The maximum atomic E-state index is 12.6. The molecule has 0 spiro atoms. The molecule has 1 amide bonds. The second-order valence-electron chi connectivity index (χ2n) is 6.22. The highest BCUT2D eigenvalue weighted by Crippen LogP contribution is 2.26. The van der Waals surface area contributed by atoms with Crippen LogP contribution in [0.1, 0.15) is 58.3 Å². The first-order valence-corrected chi connectivity index (χ1v) is 9.22. The molecule has 6 nitrogen and oxygen atoms in total. The van der Waals surface area contributed by atoms with Crippen molar-refractivity contribution < 1.29 is 9.53 Å². The first-order valence-electron chi connectivity index (χ1n) is 8.40. The molecule has 0 radical (unpaired) electrons. The van der Waals surface area contributed by atoms with Crippen LogP contribution in [-0.2, 0) is 17.7 Å². The zero-order valence-corrected chi connectivity index (χ0v) is 15.4. The number of ether oxygens (including phenoxy) is 1. The zero-order valence-electron chi connectivity index (χ0n) is 14.6. The van der Waals surface area contributed by atoms with Gasteiger partial charge in [0, 0.05) is 31.8 Å². The molecule has 2 aromatic rings. The Labute approximate surface area is 146 Å². The van der Waals surface area contributed by atoms with Gasteiger partial charge in [0.05, 0.1) is 11.4 Å². The van der Waals surface area contributed by atoms with E-state index >= 15 is 0 Å². The molecule has 0 saturated heterocycles. The van der Waals surface area contributed by atoms with Crippen molar-refractivity contribution in [1.82, 2.24) is 19.9 Å². The SMILES string of the molecule is CCOC(C)c1nc(C)c(C(=O)NC2CCc3nc(C)cn3C2)s1. The molecule has 2 atom stereocenters. The van der Waals surface area contributed by atoms with Gasteiger partial charge in [0.15, 0.2) is 0 Å². The summed E-state index contributed by atoms with van der Waals surface area (Å²) in [4.78, 5) is 22.3. The number of fused-ring (bicyclic) bond motifs is 1. The second-order valence-corrected chi connectivity index (χ2v) is 7.25. The van der Waals surface area contributed by atoms with E-state index in [0.717, 1.165) is 41.6 Å². The summed E-state index contributed by atoms with van der Waals surface area (Å²) in [6.45, 7) is 9.22. The van der Waals surface area contributed by atoms with Crippen molar-refractivity contribution in [3.8, 4) is 0 Å². The maximum Gasteiger partial charge on any atom is 0.263 e. The van der Waals surface area contributed by atoms with Crippen molar-refractivity contribution in [3.63, 3.8) is 0 Å². The van der Waals surface area contributed by atoms with Gasteiger partial charge in [-0.2, -0.15) is 0 Å². The first kappa shape index (κ1) is 17.1. The van der Waals surface area contributed by atoms with Gasteiger partial charge in [-0.25, -0.2) is 9.97 Å². The van der Waals surface area contributed by atoms with Crippen LogP contribution in [0.5, 0.6) is 0 Å². The first-order chi connectivity index (χ1) is 11.5. The summed E-state index contributed by atoms with van der Waals surface area (Å²) in [5, 5.41) is 4.01. The molecule has 2 unspecified atom stereocenters. The van der Waals surface area contributed by atoms with Crippen LogP contribution in [0.3, 0.4) is 0 Å². The van der Waals surface area contributed by atoms with Crippen LogP contribution in [0.25, 0.3) is 0 Å². The molecule has 2 aromatic heterocycles. The molecule has 24 heavy (non-hydrogen) atoms. The van der Waals surface area contributed by atoms with Crippen LogP contribution < -0.4 is 5.32 Å². The van der Waals surface area contributed by atoms with Gasteiger partial charge in [-0.15, -0.1) is 11.3 Å². The predicted molar refractivity (Wildman–Crippen MR) is 93.4 cm³/mol. The Morgan fingerprint density at radius 1 is 1.50 bits per heavy atom. The van der Waals surface area contributed by atoms with Crippen molar-refractivity contribution in [3.05, 3.63) is 33.3 Å². The van der Waals surface area contributed by atoms with Crippen molar-refractivity contribution in [2.75, 3.05) is 6.61 Å². The molecule has 3 heterocycles. The highest BCUT2D eigenvalue weighted by atomic mass is 32.1. The normalized spacial score (nSPS) is 18.2. The van der Waals surface area contributed by atoms with Gasteiger partial charge in [-0.1, -0.05) is 0 Å². The maximum absolute atomic E-state index is 12.6. The molecule has 0 bridgehead atoms. The quantitative estimate of drug-likeness (QED) is 0.902. The minimum atomic E-state index is -0.0774. The Bertz CT molecular complexity index is 737. The third-order valence-electron chi connectivity index (χ3n) is 4.23. The van der Waals surface area contributed by atoms with Crippen molar-refractivity contribution >= 4 is 17.2 Å². The third kappa shape index (κ3) is 3.52. The van der Waals surface area contributed by atoms with E-state index in [1.54, 1.807) is 0 Å². The second kappa shape index (κ2) is 7.03. The standard InChI is InChI=1S/C17H24N4O2S/c1-5-23-12(4)17-19-11(3)15(24-17)16(22)20-13-6-7-14-18-10(2)8-21(14)9-13/h8,12-13H,5-7,9H2,1-4H3,(H,20,22). The van der Waals surface area contributed by atoms with E-state index in [4.69, 9.17) is 4.74 Å². The number of nitrogens with zero attached hydrogens (tertiary/aromatic N) is 3. The molecule has 3 rings (SSSR count). The van der Waals surface area contributed by atoms with Gasteiger partial charge in [0.25, 0.3) is 5.91 Å². The summed E-state index contributed by atoms with van der Waals surface area (Å²) in [6, 6.07) is 0.132. The lowest BCUT2D eigenvalue weighted by molar-refractivity contribution is 0.0761. The lowest BCUT2D eigenvalue weighted by Crippen LogP contribution is -2.40. The van der Waals surface area contributed by atoms with Crippen LogP contribution in [0.2, 0.25) is 0 Å². The molecule has 0 fully saturated rings. The Kier molecular flexibility index (Phi) is 5.01. The largest absolute Gasteiger partial charge is 0.372 e. The number of amides is 1. The third-order valence-corrected chi connectivity index (χ3v) is 5.55. The molecule has 130 valence electrons. The van der Waals surface area contributed by atoms with Gasteiger partial charge in [0.2, 0.25) is 0 Å². The Hall–Kier alpha value is -1.73. The van der Waals surface area contributed by atoms with E-state index < -0.39 is 0 Å². The average Bonchev–Trinajstić information content (AvgIpc) is 3.09. The summed E-state index contributed by atoms with van der Waals surface area (Å²) in [5.74, 6) is 1.07. The smallest absolute Gasteiger partial charge is 0.263 e. The molecule has 0 aliphatic carbocycles. The summed E-state index contributed by atoms with van der Waals surface area (Å²) in [7, 11) is 0. The molecular weight excluding hydrogens is 324 g/mol. The zero-order chi connectivity index (χ0) is 17.3. The highest BCUT2D eigenvalue weighted by molar-refractivity contribution is 7.13. The lowest BCUT2D eigenvalue weighted by Gasteiger charge is -2.24. The van der Waals surface area contributed by atoms with Gasteiger partial charge >= 0.3 is 0 Å². The van der Waals surface area contributed by atoms with E-state index in [0.29, 0.717) is 11.5 Å². The van der Waals surface area contributed by atoms with Crippen LogP contribution in [0.4, 0.5) is 0 Å². The van der Waals surface area contributed by atoms with E-state index in [1.807, 2.05) is 33.9 Å². The fourth-order valence-electron chi connectivity index (χ4n) is 3.08. The molecule has 1 aliphatic rings. The van der Waals surface area contributed by atoms with Gasteiger partial charge in [0.1, 0.15) is 21.8 Å². The molecule has 7 heteroatoms. The van der Waals surface area contributed by atoms with Crippen LogP contribution >= 0.6 is 11.3 Å². The number of hydrogen-bond acceptors (Lipinski definition) is 5. The van der Waals surface area contributed by atoms with Crippen LogP contribution in [0, 0.1) is 13.8 Å². The van der Waals surface area contributed by atoms with E-state index in [2.05, 4.69) is 19.9 Å². The monoisotopic (exact) mass is 348 g/mol. The number of carbonyl (C=O) groups is 1. The average molecular weight is 348 g/mol. The molecule has 1 N–H and O–H groups in total. The van der Waals surface area contributed by atoms with Gasteiger partial charge in [-0.3, -0.25) is 4.79 Å². The fraction of sp³-hybridized carbons (Fsp3) is 0.588. The Balaban J connectivity index is 1.67. The number of nitrogens with one attached hydrogen (secondary N) is 1. The number of imidazole rings is 1. The molecule has 0 saturated carbocycles. The molecular formula is C17H24N4O2S. The lowest BCUT2D eigenvalue weighted by atomic mass is 10.1. The van der Waals surface area contributed by atoms with Crippen LogP contribution in [-0.4, -0.2) is 33.1 Å². The number of rotatable bonds is 5. The predicted octanol–water partition coefficient (Wildman–Crippen LogP) is 2.80. The van der Waals surface area contributed by atoms with Crippen molar-refractivity contribution in [1.29, 1.82) is 0 Å². The number of hydrogen-bond donors (Lipinski definition) is 1. The molecule has 1 aliphatic heterocycles. The summed E-state index contributed by atoms with van der Waals surface area (Å²) in [5.41, 5.74) is 1.80. The Morgan fingerprint density at radius 2 is 2.29 bits per heavy atom. The number of aromatic nitrogens is 3. The van der Waals surface area contributed by atoms with Crippen LogP contribution in [0.15, 0.2) is 6.20 Å². The number of carbonyl (C=O) groups excluding carboxylic acids is 1. The van der Waals surface area contributed by atoms with Crippen molar-refractivity contribution in [2.45, 2.75) is 59.2 Å². The Morgan fingerprint density at radius 3 is 3.04 bits per heavy atom. The van der Waals surface area contributed by atoms with E-state index in [1.165, 1.54) is 11.3 Å². The summed E-state index contributed by atoms with van der Waals surface area (Å²) in [6.07, 6.45) is 3.79. The topological polar surface area (TPSA) is 69.0 Å². The minimum absolute atomic E-state index is 0.0368. The minimum Gasteiger partial charge on any atom is -0.372 e.